The van der Waals surface area contributed by atoms with Crippen molar-refractivity contribution in [2.45, 2.75) is 13.3 Å². The number of carbonyl (C=O) groups excluding carboxylic acids is 1. The molecular formula is C13H14N2O2S. The van der Waals surface area contributed by atoms with E-state index in [9.17, 15) is 4.79 Å². The van der Waals surface area contributed by atoms with Crippen LogP contribution in [0.5, 0.6) is 0 Å². The highest BCUT2D eigenvalue weighted by molar-refractivity contribution is 7.19. The van der Waals surface area contributed by atoms with Crippen molar-refractivity contribution < 1.29 is 9.53 Å². The molecular weight excluding hydrogens is 248 g/mol. The van der Waals surface area contributed by atoms with Crippen LogP contribution in [-0.2, 0) is 11.2 Å². The third-order valence-corrected chi connectivity index (χ3v) is 3.57. The molecule has 1 aromatic carbocycles. The quantitative estimate of drug-likeness (QED) is 0.864. The van der Waals surface area contributed by atoms with Crippen LogP contribution in [-0.4, -0.2) is 18.1 Å². The van der Waals surface area contributed by atoms with Crippen molar-refractivity contribution in [3.05, 3.63) is 35.5 Å². The second kappa shape index (κ2) is 5.18. The molecule has 0 aliphatic rings. The number of hydrogen-bond donors (Lipinski definition) is 1. The number of ether oxygens (including phenoxy) is 1. The number of nitrogens with two attached hydrogens (primary N) is 1. The van der Waals surface area contributed by atoms with Gasteiger partial charge in [-0.3, -0.25) is 0 Å². The van der Waals surface area contributed by atoms with E-state index in [1.54, 1.807) is 0 Å². The number of rotatable bonds is 3. The molecule has 0 atom stereocenters. The van der Waals surface area contributed by atoms with Gasteiger partial charge in [-0.2, -0.15) is 0 Å². The molecule has 18 heavy (non-hydrogen) atoms. The van der Waals surface area contributed by atoms with Crippen LogP contribution in [0, 0.1) is 0 Å². The Kier molecular flexibility index (Phi) is 3.62. The zero-order valence-corrected chi connectivity index (χ0v) is 11.1. The summed E-state index contributed by atoms with van der Waals surface area (Å²) in [5.41, 5.74) is 8.18. The van der Waals surface area contributed by atoms with Gasteiger partial charge in [0.1, 0.15) is 10.0 Å². The standard InChI is InChI=1S/C13H14N2O2S/c1-3-8-4-6-9(7-5-8)12-15-10(11(14)18-12)13(16)17-2/h4-7H,3,14H2,1-2H3. The Morgan fingerprint density at radius 2 is 2.06 bits per heavy atom. The molecule has 0 fully saturated rings. The molecule has 0 radical (unpaired) electrons. The van der Waals surface area contributed by atoms with Crippen LogP contribution in [0.4, 0.5) is 5.00 Å². The van der Waals surface area contributed by atoms with E-state index < -0.39 is 5.97 Å². The largest absolute Gasteiger partial charge is 0.464 e. The minimum Gasteiger partial charge on any atom is -0.464 e. The molecule has 0 amide bonds. The minimum absolute atomic E-state index is 0.192. The van der Waals surface area contributed by atoms with E-state index >= 15 is 0 Å². The summed E-state index contributed by atoms with van der Waals surface area (Å²) in [6.45, 7) is 2.10. The summed E-state index contributed by atoms with van der Waals surface area (Å²) < 4.78 is 4.63. The van der Waals surface area contributed by atoms with E-state index in [2.05, 4.69) is 16.6 Å². The normalized spacial score (nSPS) is 10.3. The molecule has 0 aliphatic carbocycles. The lowest BCUT2D eigenvalue weighted by molar-refractivity contribution is 0.0596. The number of thiazole rings is 1. The number of nitrogen functional groups attached to an aromatic ring is 1. The van der Waals surface area contributed by atoms with Crippen molar-refractivity contribution >= 4 is 22.3 Å². The first-order chi connectivity index (χ1) is 8.65. The van der Waals surface area contributed by atoms with Crippen molar-refractivity contribution in [2.75, 3.05) is 12.8 Å². The summed E-state index contributed by atoms with van der Waals surface area (Å²) in [5, 5.41) is 1.12. The molecule has 4 nitrogen and oxygen atoms in total. The maximum atomic E-state index is 11.4. The maximum absolute atomic E-state index is 11.4. The number of esters is 1. The van der Waals surface area contributed by atoms with Gasteiger partial charge in [0.15, 0.2) is 5.69 Å². The number of hydrogen-bond acceptors (Lipinski definition) is 5. The van der Waals surface area contributed by atoms with Crippen molar-refractivity contribution in [3.8, 4) is 10.6 Å². The number of benzene rings is 1. The van der Waals surface area contributed by atoms with Gasteiger partial charge in [-0.15, -0.1) is 0 Å². The lowest BCUT2D eigenvalue weighted by Gasteiger charge is -1.98. The van der Waals surface area contributed by atoms with Gasteiger partial charge in [-0.05, 0) is 12.0 Å². The lowest BCUT2D eigenvalue weighted by Crippen LogP contribution is -2.04. The average Bonchev–Trinajstić information content (AvgIpc) is 2.80. The summed E-state index contributed by atoms with van der Waals surface area (Å²) >= 11 is 1.29. The number of anilines is 1. The van der Waals surface area contributed by atoms with E-state index in [1.165, 1.54) is 24.0 Å². The predicted molar refractivity (Wildman–Crippen MR) is 72.7 cm³/mol. The number of aryl methyl sites for hydroxylation is 1. The number of aromatic nitrogens is 1. The number of methoxy groups -OCH3 is 1. The summed E-state index contributed by atoms with van der Waals surface area (Å²) in [7, 11) is 1.32. The van der Waals surface area contributed by atoms with Crippen LogP contribution >= 0.6 is 11.3 Å². The first kappa shape index (κ1) is 12.6. The van der Waals surface area contributed by atoms with Crippen LogP contribution in [0.3, 0.4) is 0 Å². The van der Waals surface area contributed by atoms with E-state index in [-0.39, 0.29) is 5.69 Å². The SMILES string of the molecule is CCc1ccc(-c2nc(C(=O)OC)c(N)s2)cc1. The summed E-state index contributed by atoms with van der Waals surface area (Å²) in [6.07, 6.45) is 0.994. The molecule has 0 unspecified atom stereocenters. The Bertz CT molecular complexity index is 561. The number of carbonyl (C=O) groups is 1. The van der Waals surface area contributed by atoms with Crippen molar-refractivity contribution in [1.82, 2.24) is 4.98 Å². The van der Waals surface area contributed by atoms with Gasteiger partial charge in [0.25, 0.3) is 0 Å². The summed E-state index contributed by atoms with van der Waals surface area (Å²) in [5.74, 6) is -0.500. The zero-order valence-electron chi connectivity index (χ0n) is 10.3. The average molecular weight is 262 g/mol. The second-order valence-corrected chi connectivity index (χ2v) is 4.80. The van der Waals surface area contributed by atoms with E-state index in [0.29, 0.717) is 5.00 Å². The lowest BCUT2D eigenvalue weighted by atomic mass is 10.1. The molecule has 2 aromatic rings. The van der Waals surface area contributed by atoms with Gasteiger partial charge < -0.3 is 10.5 Å². The third kappa shape index (κ3) is 2.36. The molecule has 5 heteroatoms. The highest BCUT2D eigenvalue weighted by Crippen LogP contribution is 2.30. The summed E-state index contributed by atoms with van der Waals surface area (Å²) in [4.78, 5) is 15.6. The molecule has 1 aromatic heterocycles. The Balaban J connectivity index is 2.36. The topological polar surface area (TPSA) is 65.2 Å². The van der Waals surface area contributed by atoms with Gasteiger partial charge in [-0.1, -0.05) is 42.5 Å². The number of nitrogens with zero attached hydrogens (tertiary/aromatic N) is 1. The highest BCUT2D eigenvalue weighted by Gasteiger charge is 2.17. The van der Waals surface area contributed by atoms with Gasteiger partial charge in [-0.25, -0.2) is 9.78 Å². The van der Waals surface area contributed by atoms with Crippen molar-refractivity contribution in [3.63, 3.8) is 0 Å². The van der Waals surface area contributed by atoms with Gasteiger partial charge in [0, 0.05) is 5.56 Å². The van der Waals surface area contributed by atoms with Crippen LogP contribution in [0.25, 0.3) is 10.6 Å². The van der Waals surface area contributed by atoms with E-state index in [0.717, 1.165) is 17.0 Å². The highest BCUT2D eigenvalue weighted by atomic mass is 32.1. The minimum atomic E-state index is -0.500. The Morgan fingerprint density at radius 3 is 2.61 bits per heavy atom. The van der Waals surface area contributed by atoms with Gasteiger partial charge in [0.2, 0.25) is 0 Å². The summed E-state index contributed by atoms with van der Waals surface area (Å²) in [6, 6.07) is 8.06. The third-order valence-electron chi connectivity index (χ3n) is 2.64. The monoisotopic (exact) mass is 262 g/mol. The Hall–Kier alpha value is -1.88. The first-order valence-corrected chi connectivity index (χ1v) is 6.41. The van der Waals surface area contributed by atoms with Crippen molar-refractivity contribution in [2.24, 2.45) is 0 Å². The van der Waals surface area contributed by atoms with Crippen LogP contribution < -0.4 is 5.73 Å². The van der Waals surface area contributed by atoms with Crippen molar-refractivity contribution in [1.29, 1.82) is 0 Å². The molecule has 94 valence electrons. The van der Waals surface area contributed by atoms with E-state index in [4.69, 9.17) is 5.73 Å². The van der Waals surface area contributed by atoms with Crippen LogP contribution in [0.2, 0.25) is 0 Å². The molecule has 0 saturated carbocycles. The zero-order chi connectivity index (χ0) is 13.1. The Morgan fingerprint density at radius 1 is 1.39 bits per heavy atom. The van der Waals surface area contributed by atoms with Crippen LogP contribution in [0.15, 0.2) is 24.3 Å². The van der Waals surface area contributed by atoms with Crippen LogP contribution in [0.1, 0.15) is 23.0 Å². The molecule has 0 saturated heterocycles. The molecule has 0 aliphatic heterocycles. The fourth-order valence-corrected chi connectivity index (χ4v) is 2.41. The molecule has 2 rings (SSSR count). The molecule has 0 bridgehead atoms. The van der Waals surface area contributed by atoms with Gasteiger partial charge >= 0.3 is 5.97 Å². The van der Waals surface area contributed by atoms with Gasteiger partial charge in [0.05, 0.1) is 7.11 Å². The fraction of sp³-hybridized carbons (Fsp3) is 0.231. The van der Waals surface area contributed by atoms with E-state index in [1.807, 2.05) is 24.3 Å². The molecule has 2 N–H and O–H groups in total. The first-order valence-electron chi connectivity index (χ1n) is 5.59. The second-order valence-electron chi connectivity index (χ2n) is 3.77. The smallest absolute Gasteiger partial charge is 0.359 e. The molecule has 1 heterocycles. The maximum Gasteiger partial charge on any atom is 0.359 e. The fourth-order valence-electron chi connectivity index (χ4n) is 1.58. The predicted octanol–water partition coefficient (Wildman–Crippen LogP) is 2.74. The Labute approximate surface area is 109 Å². The molecule has 0 spiro atoms.